The van der Waals surface area contributed by atoms with Gasteiger partial charge in [0.25, 0.3) is 0 Å². The summed E-state index contributed by atoms with van der Waals surface area (Å²) in [5.41, 5.74) is 2.68. The second-order valence-electron chi connectivity index (χ2n) is 6.58. The van der Waals surface area contributed by atoms with Crippen molar-refractivity contribution >= 4 is 23.3 Å². The Morgan fingerprint density at radius 3 is 2.76 bits per heavy atom. The molecule has 0 radical (unpaired) electrons. The monoisotopic (exact) mass is 304 g/mol. The third-order valence-corrected chi connectivity index (χ3v) is 4.69. The van der Waals surface area contributed by atoms with Crippen molar-refractivity contribution in [2.24, 2.45) is 5.41 Å². The molecule has 3 nitrogen and oxygen atoms in total. The van der Waals surface area contributed by atoms with Gasteiger partial charge < -0.3 is 14.3 Å². The maximum absolute atomic E-state index is 5.90. The van der Waals surface area contributed by atoms with Crippen LogP contribution in [0.2, 0.25) is 0 Å². The minimum Gasteiger partial charge on any atom is -0.489 e. The Morgan fingerprint density at radius 1 is 1.38 bits per heavy atom. The van der Waals surface area contributed by atoms with Gasteiger partial charge in [0.15, 0.2) is 4.77 Å². The van der Waals surface area contributed by atoms with Crippen LogP contribution in [0.25, 0.3) is 11.0 Å². The van der Waals surface area contributed by atoms with E-state index >= 15 is 0 Å². The molecule has 2 aromatic rings. The average Bonchev–Trinajstić information content (AvgIpc) is 3.10. The van der Waals surface area contributed by atoms with Crippen molar-refractivity contribution < 1.29 is 4.74 Å². The number of fused-ring (bicyclic) bond motifs is 1. The number of para-hydroxylation sites is 1. The van der Waals surface area contributed by atoms with Gasteiger partial charge in [-0.2, -0.15) is 0 Å². The summed E-state index contributed by atoms with van der Waals surface area (Å²) >= 11 is 5.56. The molecule has 1 aliphatic carbocycles. The third kappa shape index (κ3) is 2.86. The lowest BCUT2D eigenvalue weighted by Crippen LogP contribution is -2.11. The van der Waals surface area contributed by atoms with Crippen molar-refractivity contribution in [2.45, 2.75) is 59.1 Å². The average molecular weight is 304 g/mol. The minimum absolute atomic E-state index is 0.163. The van der Waals surface area contributed by atoms with E-state index in [0.717, 1.165) is 22.6 Å². The van der Waals surface area contributed by atoms with Gasteiger partial charge in [-0.05, 0) is 62.9 Å². The van der Waals surface area contributed by atoms with Gasteiger partial charge in [-0.15, -0.1) is 0 Å². The molecule has 1 N–H and O–H groups in total. The van der Waals surface area contributed by atoms with Gasteiger partial charge in [0, 0.05) is 6.54 Å². The fraction of sp³-hybridized carbons (Fsp3) is 0.588. The summed E-state index contributed by atoms with van der Waals surface area (Å²) in [7, 11) is 0. The smallest absolute Gasteiger partial charge is 0.178 e. The van der Waals surface area contributed by atoms with E-state index in [-0.39, 0.29) is 6.10 Å². The summed E-state index contributed by atoms with van der Waals surface area (Å²) in [5.74, 6) is 0.896. The molecule has 1 heterocycles. The Labute approximate surface area is 131 Å². The molecule has 114 valence electrons. The highest BCUT2D eigenvalue weighted by Gasteiger charge is 2.42. The molecule has 3 rings (SSSR count). The zero-order valence-electron chi connectivity index (χ0n) is 13.1. The first-order valence-corrected chi connectivity index (χ1v) is 8.34. The van der Waals surface area contributed by atoms with Crippen LogP contribution in [0.3, 0.4) is 0 Å². The van der Waals surface area contributed by atoms with Gasteiger partial charge in [0.05, 0.1) is 11.6 Å². The van der Waals surface area contributed by atoms with E-state index in [1.807, 2.05) is 19.9 Å². The number of hydrogen-bond donors (Lipinski definition) is 1. The van der Waals surface area contributed by atoms with Crippen LogP contribution >= 0.6 is 12.2 Å². The predicted molar refractivity (Wildman–Crippen MR) is 89.5 cm³/mol. The van der Waals surface area contributed by atoms with Gasteiger partial charge in [-0.1, -0.05) is 19.4 Å². The first kappa shape index (κ1) is 14.6. The van der Waals surface area contributed by atoms with Crippen molar-refractivity contribution in [1.29, 1.82) is 0 Å². The normalized spacial score (nSPS) is 16.6. The van der Waals surface area contributed by atoms with E-state index in [4.69, 9.17) is 17.0 Å². The molecule has 1 fully saturated rings. The van der Waals surface area contributed by atoms with Crippen LogP contribution in [0.1, 0.15) is 46.5 Å². The maximum atomic E-state index is 5.90. The number of hydrogen-bond acceptors (Lipinski definition) is 2. The molecule has 0 amide bonds. The molecule has 1 aliphatic rings. The number of aromatic nitrogens is 2. The standard InChI is InChI=1S/C17H24N2OS/c1-4-8-17(9-10-17)11-19-13-6-5-7-14(20-12(2)3)15(13)18-16(19)21/h5-7,12H,4,8-11H2,1-3H3,(H,18,21). The molecule has 1 aromatic heterocycles. The Hall–Kier alpha value is -1.29. The van der Waals surface area contributed by atoms with Gasteiger partial charge >= 0.3 is 0 Å². The van der Waals surface area contributed by atoms with Crippen molar-refractivity contribution in [3.63, 3.8) is 0 Å². The highest BCUT2D eigenvalue weighted by molar-refractivity contribution is 7.71. The van der Waals surface area contributed by atoms with Gasteiger partial charge in [0.1, 0.15) is 11.3 Å². The summed E-state index contributed by atoms with van der Waals surface area (Å²) in [5, 5.41) is 0. The second kappa shape index (κ2) is 5.48. The van der Waals surface area contributed by atoms with Crippen LogP contribution in [-0.2, 0) is 6.54 Å². The van der Waals surface area contributed by atoms with Crippen LogP contribution in [0, 0.1) is 10.2 Å². The Morgan fingerprint density at radius 2 is 2.14 bits per heavy atom. The van der Waals surface area contributed by atoms with E-state index in [0.29, 0.717) is 5.41 Å². The molecule has 0 unspecified atom stereocenters. The van der Waals surface area contributed by atoms with Gasteiger partial charge in [-0.3, -0.25) is 0 Å². The van der Waals surface area contributed by atoms with Crippen LogP contribution in [0.15, 0.2) is 18.2 Å². The van der Waals surface area contributed by atoms with Crippen LogP contribution < -0.4 is 4.74 Å². The molecular weight excluding hydrogens is 280 g/mol. The fourth-order valence-corrected chi connectivity index (χ4v) is 3.46. The van der Waals surface area contributed by atoms with E-state index in [1.165, 1.54) is 31.2 Å². The Kier molecular flexibility index (Phi) is 3.82. The Bertz CT molecular complexity index is 694. The second-order valence-corrected chi connectivity index (χ2v) is 6.97. The van der Waals surface area contributed by atoms with E-state index in [1.54, 1.807) is 0 Å². The van der Waals surface area contributed by atoms with Gasteiger partial charge in [-0.25, -0.2) is 0 Å². The number of benzene rings is 1. The summed E-state index contributed by atoms with van der Waals surface area (Å²) in [4.78, 5) is 3.35. The molecule has 1 aromatic carbocycles. The largest absolute Gasteiger partial charge is 0.489 e. The van der Waals surface area contributed by atoms with E-state index in [9.17, 15) is 0 Å². The molecule has 21 heavy (non-hydrogen) atoms. The highest BCUT2D eigenvalue weighted by Crippen LogP contribution is 2.51. The molecule has 0 atom stereocenters. The van der Waals surface area contributed by atoms with E-state index < -0.39 is 0 Å². The fourth-order valence-electron chi connectivity index (χ4n) is 3.19. The molecule has 0 aliphatic heterocycles. The number of aromatic amines is 1. The van der Waals surface area contributed by atoms with Crippen LogP contribution in [0.5, 0.6) is 5.75 Å². The number of ether oxygens (including phenoxy) is 1. The zero-order valence-corrected chi connectivity index (χ0v) is 13.9. The lowest BCUT2D eigenvalue weighted by atomic mass is 10.0. The first-order chi connectivity index (χ1) is 10.0. The summed E-state index contributed by atoms with van der Waals surface area (Å²) < 4.78 is 8.97. The highest BCUT2D eigenvalue weighted by atomic mass is 32.1. The summed E-state index contributed by atoms with van der Waals surface area (Å²) in [6, 6.07) is 6.20. The Balaban J connectivity index is 2.00. The SMILES string of the molecule is CCCC1(Cn2c(=S)[nH]c3c(OC(C)C)cccc32)CC1. The van der Waals surface area contributed by atoms with Crippen molar-refractivity contribution in [2.75, 3.05) is 0 Å². The minimum atomic E-state index is 0.163. The summed E-state index contributed by atoms with van der Waals surface area (Å²) in [6.45, 7) is 7.39. The van der Waals surface area contributed by atoms with Crippen molar-refractivity contribution in [3.05, 3.63) is 23.0 Å². The lowest BCUT2D eigenvalue weighted by Gasteiger charge is -2.16. The molecule has 1 saturated carbocycles. The zero-order chi connectivity index (χ0) is 15.0. The molecular formula is C17H24N2OS. The topological polar surface area (TPSA) is 29.9 Å². The molecule has 0 saturated heterocycles. The van der Waals surface area contributed by atoms with Crippen molar-refractivity contribution in [1.82, 2.24) is 9.55 Å². The van der Waals surface area contributed by atoms with Gasteiger partial charge in [0.2, 0.25) is 0 Å². The predicted octanol–water partition coefficient (Wildman–Crippen LogP) is 5.07. The van der Waals surface area contributed by atoms with Crippen LogP contribution in [0.4, 0.5) is 0 Å². The maximum Gasteiger partial charge on any atom is 0.178 e. The molecule has 0 bridgehead atoms. The van der Waals surface area contributed by atoms with Crippen molar-refractivity contribution in [3.8, 4) is 5.75 Å². The van der Waals surface area contributed by atoms with E-state index in [2.05, 4.69) is 28.6 Å². The number of nitrogens with zero attached hydrogens (tertiary/aromatic N) is 1. The lowest BCUT2D eigenvalue weighted by molar-refractivity contribution is 0.245. The first-order valence-electron chi connectivity index (χ1n) is 7.93. The number of imidazole rings is 1. The quantitative estimate of drug-likeness (QED) is 0.755. The molecule has 0 spiro atoms. The third-order valence-electron chi connectivity index (χ3n) is 4.37. The summed E-state index contributed by atoms with van der Waals surface area (Å²) in [6.07, 6.45) is 5.37. The molecule has 4 heteroatoms. The number of H-pyrrole nitrogens is 1. The van der Waals surface area contributed by atoms with Crippen LogP contribution in [-0.4, -0.2) is 15.7 Å². The number of rotatable bonds is 6. The number of nitrogens with one attached hydrogen (secondary N) is 1.